The molecule has 0 saturated carbocycles. The number of fused-ring (bicyclic) bond motifs is 1. The molecule has 0 bridgehead atoms. The van der Waals surface area contributed by atoms with Crippen LogP contribution in [0.5, 0.6) is 0 Å². The molecule has 0 N–H and O–H groups in total. The maximum atomic E-state index is 13.0. The van der Waals surface area contributed by atoms with Crippen molar-refractivity contribution in [3.05, 3.63) is 78.3 Å². The van der Waals surface area contributed by atoms with E-state index in [-0.39, 0.29) is 0 Å². The van der Waals surface area contributed by atoms with E-state index in [9.17, 15) is 4.55 Å². The predicted molar refractivity (Wildman–Crippen MR) is 96.2 cm³/mol. The third kappa shape index (κ3) is 2.67. The number of para-hydroxylation sites is 1. The second-order valence-corrected chi connectivity index (χ2v) is 6.92. The molecule has 2 aromatic heterocycles. The first-order valence-electron chi connectivity index (χ1n) is 7.29. The lowest BCUT2D eigenvalue weighted by molar-refractivity contribution is 0.588. The fourth-order valence-corrected chi connectivity index (χ4v) is 3.93. The summed E-state index contributed by atoms with van der Waals surface area (Å²) in [5.74, 6) is 0. The smallest absolute Gasteiger partial charge is 0.180 e. The Morgan fingerprint density at radius 1 is 0.958 bits per heavy atom. The van der Waals surface area contributed by atoms with Crippen LogP contribution in [0.3, 0.4) is 0 Å². The summed E-state index contributed by atoms with van der Waals surface area (Å²) >= 11 is 4.65. The van der Waals surface area contributed by atoms with E-state index in [0.717, 1.165) is 21.4 Å². The Morgan fingerprint density at radius 2 is 1.71 bits per heavy atom. The molecule has 0 aliphatic rings. The van der Waals surface area contributed by atoms with Crippen molar-refractivity contribution in [2.75, 3.05) is 0 Å². The van der Waals surface area contributed by atoms with Crippen molar-refractivity contribution in [1.82, 2.24) is 13.9 Å². The highest BCUT2D eigenvalue weighted by molar-refractivity contribution is 7.90. The number of rotatable bonds is 3. The van der Waals surface area contributed by atoms with Crippen LogP contribution in [0, 0.1) is 0 Å². The van der Waals surface area contributed by atoms with Crippen LogP contribution in [0.15, 0.2) is 78.1 Å². The fraction of sp³-hybridized carbons (Fsp3) is 0. The molecule has 118 valence electrons. The van der Waals surface area contributed by atoms with Gasteiger partial charge in [-0.15, -0.1) is 0 Å². The molecule has 0 aliphatic carbocycles. The minimum absolute atomic E-state index is 0.376. The molecule has 2 aromatic carbocycles. The fourth-order valence-electron chi connectivity index (χ4n) is 2.62. The molecule has 4 rings (SSSR count). The standard InChI is InChI=1S/C18H12ClN3OS/c19-18-10-16(20-12-21-18)15-11-22(17-9-5-4-8-14(15)17)24(23)13-6-2-1-3-7-13/h1-12H. The number of hydrogen-bond donors (Lipinski definition) is 0. The first kappa shape index (κ1) is 15.2. The minimum Gasteiger partial charge on any atom is -0.587 e. The maximum Gasteiger partial charge on any atom is 0.180 e. The summed E-state index contributed by atoms with van der Waals surface area (Å²) in [4.78, 5) is 8.96. The molecule has 1 unspecified atom stereocenters. The number of nitrogens with zero attached hydrogens (tertiary/aromatic N) is 3. The van der Waals surface area contributed by atoms with Crippen molar-refractivity contribution >= 4 is 33.9 Å². The molecular weight excluding hydrogens is 342 g/mol. The highest BCUT2D eigenvalue weighted by Crippen LogP contribution is 2.32. The van der Waals surface area contributed by atoms with Crippen LogP contribution in [0.25, 0.3) is 22.2 Å². The van der Waals surface area contributed by atoms with Gasteiger partial charge in [0, 0.05) is 17.0 Å². The van der Waals surface area contributed by atoms with Crippen LogP contribution >= 0.6 is 11.6 Å². The van der Waals surface area contributed by atoms with Crippen molar-refractivity contribution < 1.29 is 4.55 Å². The largest absolute Gasteiger partial charge is 0.587 e. The van der Waals surface area contributed by atoms with Gasteiger partial charge >= 0.3 is 0 Å². The molecular formula is C18H12ClN3OS. The van der Waals surface area contributed by atoms with E-state index in [4.69, 9.17) is 11.6 Å². The lowest BCUT2D eigenvalue weighted by Crippen LogP contribution is -2.11. The third-order valence-electron chi connectivity index (χ3n) is 3.71. The summed E-state index contributed by atoms with van der Waals surface area (Å²) in [6, 6.07) is 18.9. The van der Waals surface area contributed by atoms with Gasteiger partial charge in [-0.05, 0) is 18.2 Å². The Labute approximate surface area is 147 Å². The molecule has 0 fully saturated rings. The first-order chi connectivity index (χ1) is 11.7. The summed E-state index contributed by atoms with van der Waals surface area (Å²) in [5, 5.41) is 1.34. The van der Waals surface area contributed by atoms with E-state index in [1.807, 2.05) is 60.8 Å². The number of hydrogen-bond acceptors (Lipinski definition) is 3. The Hall–Kier alpha value is -2.34. The molecule has 4 aromatic rings. The van der Waals surface area contributed by atoms with Gasteiger partial charge in [0.1, 0.15) is 22.8 Å². The Kier molecular flexibility index (Phi) is 3.98. The van der Waals surface area contributed by atoms with Gasteiger partial charge in [-0.2, -0.15) is 3.97 Å². The van der Waals surface area contributed by atoms with E-state index in [1.165, 1.54) is 6.33 Å². The van der Waals surface area contributed by atoms with Crippen LogP contribution < -0.4 is 0 Å². The molecule has 4 nitrogen and oxygen atoms in total. The van der Waals surface area contributed by atoms with Crippen molar-refractivity contribution in [2.24, 2.45) is 0 Å². The second kappa shape index (κ2) is 6.28. The molecule has 0 aliphatic heterocycles. The van der Waals surface area contributed by atoms with E-state index in [1.54, 1.807) is 10.0 Å². The molecule has 0 amide bonds. The van der Waals surface area contributed by atoms with Crippen LogP contribution in [0.4, 0.5) is 0 Å². The van der Waals surface area contributed by atoms with Gasteiger partial charge in [-0.25, -0.2) is 9.97 Å². The average Bonchev–Trinajstić information content (AvgIpc) is 3.01. The quantitative estimate of drug-likeness (QED) is 0.407. The minimum atomic E-state index is -1.34. The van der Waals surface area contributed by atoms with Gasteiger partial charge in [0.05, 0.1) is 17.4 Å². The van der Waals surface area contributed by atoms with Crippen molar-refractivity contribution in [1.29, 1.82) is 0 Å². The highest BCUT2D eigenvalue weighted by Gasteiger charge is 2.20. The van der Waals surface area contributed by atoms with Crippen LogP contribution in [-0.2, 0) is 11.4 Å². The summed E-state index contributed by atoms with van der Waals surface area (Å²) in [7, 11) is 0. The number of benzene rings is 2. The van der Waals surface area contributed by atoms with E-state index >= 15 is 0 Å². The predicted octanol–water partition coefficient (Wildman–Crippen LogP) is 4.32. The number of halogens is 1. The van der Waals surface area contributed by atoms with Gasteiger partial charge in [-0.3, -0.25) is 0 Å². The molecule has 0 spiro atoms. The zero-order valence-electron chi connectivity index (χ0n) is 12.5. The third-order valence-corrected chi connectivity index (χ3v) is 5.25. The Bertz CT molecular complexity index is 1000. The maximum absolute atomic E-state index is 13.0. The lowest BCUT2D eigenvalue weighted by Gasteiger charge is -2.10. The van der Waals surface area contributed by atoms with Gasteiger partial charge < -0.3 is 4.55 Å². The summed E-state index contributed by atoms with van der Waals surface area (Å²) in [5.41, 5.74) is 2.46. The van der Waals surface area contributed by atoms with E-state index in [0.29, 0.717) is 10.8 Å². The summed E-state index contributed by atoms with van der Waals surface area (Å²) in [6.45, 7) is 0. The first-order valence-corrected chi connectivity index (χ1v) is 8.78. The topological polar surface area (TPSA) is 53.8 Å². The van der Waals surface area contributed by atoms with Crippen molar-refractivity contribution in [3.8, 4) is 11.3 Å². The van der Waals surface area contributed by atoms with Crippen molar-refractivity contribution in [2.45, 2.75) is 4.90 Å². The zero-order valence-corrected chi connectivity index (χ0v) is 14.0. The zero-order chi connectivity index (χ0) is 16.5. The van der Waals surface area contributed by atoms with Gasteiger partial charge in [0.2, 0.25) is 0 Å². The molecule has 0 saturated heterocycles. The molecule has 6 heteroatoms. The van der Waals surface area contributed by atoms with Gasteiger partial charge in [0.25, 0.3) is 0 Å². The molecule has 24 heavy (non-hydrogen) atoms. The average molecular weight is 354 g/mol. The van der Waals surface area contributed by atoms with Gasteiger partial charge in [0.15, 0.2) is 4.90 Å². The SMILES string of the molecule is [O-][S+](c1ccccc1)n1cc(-c2cc(Cl)ncn2)c2ccccc21. The van der Waals surface area contributed by atoms with Crippen LogP contribution in [0.1, 0.15) is 0 Å². The summed E-state index contributed by atoms with van der Waals surface area (Å²) < 4.78 is 14.7. The Morgan fingerprint density at radius 3 is 2.50 bits per heavy atom. The lowest BCUT2D eigenvalue weighted by atomic mass is 10.1. The van der Waals surface area contributed by atoms with E-state index in [2.05, 4.69) is 9.97 Å². The Balaban J connectivity index is 1.92. The number of aromatic nitrogens is 3. The van der Waals surface area contributed by atoms with Gasteiger partial charge in [-0.1, -0.05) is 48.0 Å². The molecule has 1 atom stereocenters. The van der Waals surface area contributed by atoms with Crippen molar-refractivity contribution in [3.63, 3.8) is 0 Å². The van der Waals surface area contributed by atoms with E-state index < -0.39 is 11.4 Å². The summed E-state index contributed by atoms with van der Waals surface area (Å²) in [6.07, 6.45) is 3.28. The monoisotopic (exact) mass is 353 g/mol. The van der Waals surface area contributed by atoms with Crippen LogP contribution in [-0.4, -0.2) is 18.5 Å². The molecule has 2 heterocycles. The van der Waals surface area contributed by atoms with Crippen LogP contribution in [0.2, 0.25) is 5.15 Å². The highest BCUT2D eigenvalue weighted by atomic mass is 35.5. The normalized spacial score (nSPS) is 12.4. The second-order valence-electron chi connectivity index (χ2n) is 5.17. The molecule has 0 radical (unpaired) electrons.